The molecular formula is C14H20ClFN2. The molecule has 0 saturated carbocycles. The first-order valence-corrected chi connectivity index (χ1v) is 6.89. The van der Waals surface area contributed by atoms with Gasteiger partial charge >= 0.3 is 0 Å². The number of rotatable bonds is 3. The SMILES string of the molecule is CCC1CN(Cc2cc(F)ccc2Cl)CCC1N. The molecule has 4 heteroatoms. The topological polar surface area (TPSA) is 29.3 Å². The van der Waals surface area contributed by atoms with Crippen molar-refractivity contribution in [3.63, 3.8) is 0 Å². The normalized spacial score (nSPS) is 25.3. The van der Waals surface area contributed by atoms with Gasteiger partial charge in [0.1, 0.15) is 5.82 Å². The van der Waals surface area contributed by atoms with Crippen LogP contribution in [0.25, 0.3) is 0 Å². The van der Waals surface area contributed by atoms with Crippen molar-refractivity contribution < 1.29 is 4.39 Å². The van der Waals surface area contributed by atoms with E-state index in [1.165, 1.54) is 12.1 Å². The molecule has 1 aliphatic rings. The summed E-state index contributed by atoms with van der Waals surface area (Å²) < 4.78 is 13.2. The van der Waals surface area contributed by atoms with Crippen LogP contribution >= 0.6 is 11.6 Å². The Morgan fingerprint density at radius 2 is 2.28 bits per heavy atom. The van der Waals surface area contributed by atoms with E-state index < -0.39 is 0 Å². The van der Waals surface area contributed by atoms with Crippen molar-refractivity contribution in [1.82, 2.24) is 4.90 Å². The minimum absolute atomic E-state index is 0.227. The van der Waals surface area contributed by atoms with Crippen molar-refractivity contribution in [2.24, 2.45) is 11.7 Å². The molecule has 1 saturated heterocycles. The third kappa shape index (κ3) is 3.22. The van der Waals surface area contributed by atoms with E-state index >= 15 is 0 Å². The Bertz CT molecular complexity index is 411. The van der Waals surface area contributed by atoms with Gasteiger partial charge in [-0.3, -0.25) is 4.90 Å². The summed E-state index contributed by atoms with van der Waals surface area (Å²) in [7, 11) is 0. The van der Waals surface area contributed by atoms with Crippen LogP contribution in [0, 0.1) is 11.7 Å². The Morgan fingerprint density at radius 3 is 3.00 bits per heavy atom. The number of likely N-dealkylation sites (tertiary alicyclic amines) is 1. The highest BCUT2D eigenvalue weighted by atomic mass is 35.5. The van der Waals surface area contributed by atoms with Crippen molar-refractivity contribution in [1.29, 1.82) is 0 Å². The highest BCUT2D eigenvalue weighted by Crippen LogP contribution is 2.23. The summed E-state index contributed by atoms with van der Waals surface area (Å²) in [5, 5.41) is 0.638. The molecule has 2 atom stereocenters. The summed E-state index contributed by atoms with van der Waals surface area (Å²) in [5.41, 5.74) is 6.95. The zero-order valence-electron chi connectivity index (χ0n) is 10.7. The van der Waals surface area contributed by atoms with Crippen LogP contribution < -0.4 is 5.73 Å². The largest absolute Gasteiger partial charge is 0.327 e. The second kappa shape index (κ2) is 6.00. The second-order valence-electron chi connectivity index (χ2n) is 5.09. The van der Waals surface area contributed by atoms with Gasteiger partial charge in [0.15, 0.2) is 0 Å². The predicted molar refractivity (Wildman–Crippen MR) is 73.1 cm³/mol. The van der Waals surface area contributed by atoms with E-state index in [1.54, 1.807) is 6.07 Å². The first-order valence-electron chi connectivity index (χ1n) is 6.52. The number of benzene rings is 1. The van der Waals surface area contributed by atoms with E-state index in [0.717, 1.165) is 31.5 Å². The lowest BCUT2D eigenvalue weighted by molar-refractivity contribution is 0.145. The zero-order valence-corrected chi connectivity index (χ0v) is 11.5. The van der Waals surface area contributed by atoms with Gasteiger partial charge in [-0.15, -0.1) is 0 Å². The van der Waals surface area contributed by atoms with Crippen LogP contribution in [0.1, 0.15) is 25.3 Å². The molecule has 1 heterocycles. The van der Waals surface area contributed by atoms with Crippen molar-refractivity contribution >= 4 is 11.6 Å². The summed E-state index contributed by atoms with van der Waals surface area (Å²) >= 11 is 6.10. The van der Waals surface area contributed by atoms with E-state index in [-0.39, 0.29) is 5.82 Å². The van der Waals surface area contributed by atoms with Gasteiger partial charge in [-0.2, -0.15) is 0 Å². The van der Waals surface area contributed by atoms with Gasteiger partial charge in [-0.1, -0.05) is 24.9 Å². The first kappa shape index (κ1) is 13.8. The first-order chi connectivity index (χ1) is 8.60. The van der Waals surface area contributed by atoms with Gasteiger partial charge in [0.05, 0.1) is 0 Å². The summed E-state index contributed by atoms with van der Waals surface area (Å²) in [6.07, 6.45) is 2.10. The molecule has 0 radical (unpaired) electrons. The Hall–Kier alpha value is -0.640. The maximum absolute atomic E-state index is 13.2. The number of nitrogens with zero attached hydrogens (tertiary/aromatic N) is 1. The van der Waals surface area contributed by atoms with Crippen LogP contribution in [-0.4, -0.2) is 24.0 Å². The third-order valence-electron chi connectivity index (χ3n) is 3.80. The molecule has 0 bridgehead atoms. The smallest absolute Gasteiger partial charge is 0.123 e. The third-order valence-corrected chi connectivity index (χ3v) is 4.17. The predicted octanol–water partition coefficient (Wildman–Crippen LogP) is 3.04. The maximum Gasteiger partial charge on any atom is 0.123 e. The highest BCUT2D eigenvalue weighted by Gasteiger charge is 2.25. The molecule has 100 valence electrons. The fourth-order valence-electron chi connectivity index (χ4n) is 2.61. The fraction of sp³-hybridized carbons (Fsp3) is 0.571. The van der Waals surface area contributed by atoms with Gasteiger partial charge in [0, 0.05) is 24.2 Å². The summed E-state index contributed by atoms with van der Waals surface area (Å²) in [5.74, 6) is 0.307. The highest BCUT2D eigenvalue weighted by molar-refractivity contribution is 6.31. The molecule has 18 heavy (non-hydrogen) atoms. The minimum Gasteiger partial charge on any atom is -0.327 e. The fourth-order valence-corrected chi connectivity index (χ4v) is 2.78. The minimum atomic E-state index is -0.227. The van der Waals surface area contributed by atoms with Crippen LogP contribution in [0.15, 0.2) is 18.2 Å². The lowest BCUT2D eigenvalue weighted by atomic mass is 9.90. The van der Waals surface area contributed by atoms with E-state index in [4.69, 9.17) is 17.3 Å². The maximum atomic E-state index is 13.2. The zero-order chi connectivity index (χ0) is 13.1. The molecule has 1 aliphatic heterocycles. The van der Waals surface area contributed by atoms with Crippen molar-refractivity contribution in [2.75, 3.05) is 13.1 Å². The number of piperidine rings is 1. The molecular weight excluding hydrogens is 251 g/mol. The van der Waals surface area contributed by atoms with E-state index in [1.807, 2.05) is 0 Å². The molecule has 1 fully saturated rings. The van der Waals surface area contributed by atoms with Gasteiger partial charge in [-0.05, 0) is 42.6 Å². The molecule has 0 spiro atoms. The molecule has 2 unspecified atom stereocenters. The average Bonchev–Trinajstić information content (AvgIpc) is 2.36. The molecule has 1 aromatic carbocycles. The van der Waals surface area contributed by atoms with Crippen molar-refractivity contribution in [2.45, 2.75) is 32.4 Å². The van der Waals surface area contributed by atoms with Crippen LogP contribution in [0.3, 0.4) is 0 Å². The van der Waals surface area contributed by atoms with E-state index in [2.05, 4.69) is 11.8 Å². The lowest BCUT2D eigenvalue weighted by Crippen LogP contribution is -2.46. The average molecular weight is 271 g/mol. The Balaban J connectivity index is 2.03. The van der Waals surface area contributed by atoms with Crippen LogP contribution in [0.5, 0.6) is 0 Å². The molecule has 2 rings (SSSR count). The van der Waals surface area contributed by atoms with Crippen LogP contribution in [0.4, 0.5) is 4.39 Å². The van der Waals surface area contributed by atoms with Crippen molar-refractivity contribution in [3.8, 4) is 0 Å². The summed E-state index contributed by atoms with van der Waals surface area (Å²) in [6, 6.07) is 4.85. The van der Waals surface area contributed by atoms with E-state index in [0.29, 0.717) is 23.5 Å². The van der Waals surface area contributed by atoms with Crippen molar-refractivity contribution in [3.05, 3.63) is 34.6 Å². The summed E-state index contributed by atoms with van der Waals surface area (Å²) in [6.45, 7) is 4.82. The van der Waals surface area contributed by atoms with Crippen LogP contribution in [0.2, 0.25) is 5.02 Å². The monoisotopic (exact) mass is 270 g/mol. The second-order valence-corrected chi connectivity index (χ2v) is 5.50. The number of hydrogen-bond donors (Lipinski definition) is 1. The molecule has 1 aromatic rings. The van der Waals surface area contributed by atoms with Gasteiger partial charge in [0.2, 0.25) is 0 Å². The number of hydrogen-bond acceptors (Lipinski definition) is 2. The Kier molecular flexibility index (Phi) is 4.60. The quantitative estimate of drug-likeness (QED) is 0.915. The Labute approximate surface area is 113 Å². The van der Waals surface area contributed by atoms with Gasteiger partial charge < -0.3 is 5.73 Å². The lowest BCUT2D eigenvalue weighted by Gasteiger charge is -2.36. The summed E-state index contributed by atoms with van der Waals surface area (Å²) in [4.78, 5) is 2.32. The molecule has 2 N–H and O–H groups in total. The van der Waals surface area contributed by atoms with Gasteiger partial charge in [-0.25, -0.2) is 4.39 Å². The molecule has 0 aliphatic carbocycles. The standard InChI is InChI=1S/C14H20ClFN2/c1-2-10-8-18(6-5-14(10)17)9-11-7-12(16)3-4-13(11)15/h3-4,7,10,14H,2,5-6,8-9,17H2,1H3. The molecule has 0 aromatic heterocycles. The van der Waals surface area contributed by atoms with Gasteiger partial charge in [0.25, 0.3) is 0 Å². The van der Waals surface area contributed by atoms with Crippen LogP contribution in [-0.2, 0) is 6.54 Å². The molecule has 2 nitrogen and oxygen atoms in total. The molecule has 0 amide bonds. The Morgan fingerprint density at radius 1 is 1.50 bits per heavy atom. The number of halogens is 2. The van der Waals surface area contributed by atoms with E-state index in [9.17, 15) is 4.39 Å². The number of nitrogens with two attached hydrogens (primary N) is 1.